The van der Waals surface area contributed by atoms with Gasteiger partial charge in [0.2, 0.25) is 0 Å². The minimum atomic E-state index is -0.646. The van der Waals surface area contributed by atoms with E-state index in [0.29, 0.717) is 17.9 Å². The lowest BCUT2D eigenvalue weighted by molar-refractivity contribution is -0.145. The number of hydrogen-bond acceptors (Lipinski definition) is 6. The number of carbonyl (C=O) groups is 3. The molecule has 0 N–H and O–H groups in total. The summed E-state index contributed by atoms with van der Waals surface area (Å²) in [5.41, 5.74) is 2.62. The van der Waals surface area contributed by atoms with Crippen molar-refractivity contribution in [2.24, 2.45) is 0 Å². The van der Waals surface area contributed by atoms with Crippen LogP contribution in [0.3, 0.4) is 0 Å². The minimum Gasteiger partial charge on any atom is -0.486 e. The molecule has 3 rings (SSSR count). The average molecular weight is 480 g/mol. The van der Waals surface area contributed by atoms with Gasteiger partial charge in [0.1, 0.15) is 13.2 Å². The summed E-state index contributed by atoms with van der Waals surface area (Å²) in [5, 5.41) is 0.00825. The highest BCUT2D eigenvalue weighted by Gasteiger charge is 2.36. The summed E-state index contributed by atoms with van der Waals surface area (Å²) in [6, 6.07) is 11.1. The Bertz CT molecular complexity index is 1050. The normalized spacial score (nSPS) is 15.0. The van der Waals surface area contributed by atoms with Crippen LogP contribution in [0.2, 0.25) is 10.0 Å². The number of halogens is 2. The van der Waals surface area contributed by atoms with Crippen molar-refractivity contribution >= 4 is 58.2 Å². The molecule has 6 nitrogen and oxygen atoms in total. The van der Waals surface area contributed by atoms with Gasteiger partial charge in [-0.05, 0) is 54.9 Å². The topological polar surface area (TPSA) is 72.9 Å². The van der Waals surface area contributed by atoms with Gasteiger partial charge in [0.15, 0.2) is 5.75 Å². The third kappa shape index (κ3) is 5.81. The van der Waals surface area contributed by atoms with Gasteiger partial charge in [0.05, 0.1) is 21.6 Å². The smallest absolute Gasteiger partial charge is 0.326 e. The van der Waals surface area contributed by atoms with Crippen molar-refractivity contribution in [1.82, 2.24) is 4.90 Å². The number of nitrogens with zero attached hydrogens (tertiary/aromatic N) is 1. The van der Waals surface area contributed by atoms with Crippen molar-refractivity contribution in [1.29, 1.82) is 0 Å². The molecular formula is C22H19Cl2NO5S. The van der Waals surface area contributed by atoms with E-state index in [4.69, 9.17) is 32.7 Å². The Morgan fingerprint density at radius 3 is 2.52 bits per heavy atom. The van der Waals surface area contributed by atoms with Crippen LogP contribution in [0.15, 0.2) is 41.3 Å². The second-order valence-corrected chi connectivity index (χ2v) is 8.47. The lowest BCUT2D eigenvalue weighted by atomic mass is 10.1. The number of aryl methyl sites for hydroxylation is 1. The Morgan fingerprint density at radius 2 is 1.87 bits per heavy atom. The molecule has 0 atom stereocenters. The summed E-state index contributed by atoms with van der Waals surface area (Å²) < 4.78 is 10.6. The quantitative estimate of drug-likeness (QED) is 0.386. The second kappa shape index (κ2) is 10.2. The first-order valence-electron chi connectivity index (χ1n) is 9.37. The zero-order chi connectivity index (χ0) is 22.5. The Morgan fingerprint density at radius 1 is 1.16 bits per heavy atom. The van der Waals surface area contributed by atoms with Crippen LogP contribution in [-0.2, 0) is 20.9 Å². The van der Waals surface area contributed by atoms with Crippen LogP contribution in [0.25, 0.3) is 6.08 Å². The molecule has 0 aliphatic carbocycles. The summed E-state index contributed by atoms with van der Waals surface area (Å²) in [7, 11) is 0. The van der Waals surface area contributed by atoms with Gasteiger partial charge < -0.3 is 9.47 Å². The first kappa shape index (κ1) is 23.2. The van der Waals surface area contributed by atoms with Crippen LogP contribution in [-0.4, -0.2) is 35.2 Å². The molecule has 1 aliphatic heterocycles. The molecule has 2 aromatic rings. The van der Waals surface area contributed by atoms with Gasteiger partial charge in [0.25, 0.3) is 11.1 Å². The number of carbonyl (C=O) groups excluding carboxylic acids is 3. The predicted octanol–water partition coefficient (Wildman–Crippen LogP) is 5.48. The van der Waals surface area contributed by atoms with Crippen molar-refractivity contribution in [3.05, 3.63) is 68.0 Å². The third-order valence-corrected chi connectivity index (χ3v) is 5.72. The van der Waals surface area contributed by atoms with Crippen LogP contribution in [0.1, 0.15) is 23.6 Å². The monoisotopic (exact) mass is 479 g/mol. The Labute approximate surface area is 194 Å². The van der Waals surface area contributed by atoms with Gasteiger partial charge in [-0.3, -0.25) is 19.3 Å². The molecule has 0 saturated carbocycles. The Hall–Kier alpha value is -2.48. The molecule has 1 aliphatic rings. The van der Waals surface area contributed by atoms with E-state index < -0.39 is 23.7 Å². The third-order valence-electron chi connectivity index (χ3n) is 4.25. The molecule has 162 valence electrons. The van der Waals surface area contributed by atoms with E-state index >= 15 is 0 Å². The maximum absolute atomic E-state index is 12.5. The van der Waals surface area contributed by atoms with Crippen molar-refractivity contribution in [2.75, 3.05) is 13.2 Å². The average Bonchev–Trinajstić information content (AvgIpc) is 2.95. The molecule has 31 heavy (non-hydrogen) atoms. The molecule has 0 bridgehead atoms. The van der Waals surface area contributed by atoms with Gasteiger partial charge in [-0.15, -0.1) is 0 Å². The fraction of sp³-hybridized carbons (Fsp3) is 0.227. The van der Waals surface area contributed by atoms with Crippen molar-refractivity contribution < 1.29 is 23.9 Å². The summed E-state index contributed by atoms with van der Waals surface area (Å²) in [4.78, 5) is 37.2. The van der Waals surface area contributed by atoms with E-state index in [2.05, 4.69) is 0 Å². The van der Waals surface area contributed by atoms with Crippen LogP contribution < -0.4 is 4.74 Å². The lowest BCUT2D eigenvalue weighted by Gasteiger charge is -2.12. The number of esters is 1. The molecule has 0 spiro atoms. The summed E-state index contributed by atoms with van der Waals surface area (Å²) in [6.07, 6.45) is 1.50. The van der Waals surface area contributed by atoms with Gasteiger partial charge >= 0.3 is 5.97 Å². The second-order valence-electron chi connectivity index (χ2n) is 6.66. The molecule has 9 heteroatoms. The number of benzene rings is 2. The highest BCUT2D eigenvalue weighted by atomic mass is 35.5. The maximum Gasteiger partial charge on any atom is 0.326 e. The molecule has 0 unspecified atom stereocenters. The van der Waals surface area contributed by atoms with Crippen molar-refractivity contribution in [3.63, 3.8) is 0 Å². The van der Waals surface area contributed by atoms with E-state index in [0.717, 1.165) is 27.8 Å². The summed E-state index contributed by atoms with van der Waals surface area (Å²) >= 11 is 13.4. The molecule has 2 aromatic carbocycles. The van der Waals surface area contributed by atoms with Gasteiger partial charge in [-0.25, -0.2) is 0 Å². The van der Waals surface area contributed by atoms with E-state index in [9.17, 15) is 14.4 Å². The minimum absolute atomic E-state index is 0.162. The number of amides is 2. The number of thioether (sulfide) groups is 1. The van der Waals surface area contributed by atoms with Crippen molar-refractivity contribution in [3.8, 4) is 5.75 Å². The maximum atomic E-state index is 12.5. The molecule has 1 fully saturated rings. The first-order valence-corrected chi connectivity index (χ1v) is 10.9. The van der Waals surface area contributed by atoms with Gasteiger partial charge in [-0.1, -0.05) is 53.0 Å². The number of ether oxygens (including phenoxy) is 2. The standard InChI is InChI=1S/C22H19Cl2NO5S/c1-3-29-19(26)11-25-21(27)18(31-22(25)28)10-15-8-16(23)20(17(24)9-15)30-12-14-6-4-5-13(2)7-14/h4-10H,3,11-12H2,1-2H3/b18-10-. The highest BCUT2D eigenvalue weighted by Crippen LogP contribution is 2.37. The molecule has 1 saturated heterocycles. The summed E-state index contributed by atoms with van der Waals surface area (Å²) in [6.45, 7) is 3.68. The Balaban J connectivity index is 1.75. The molecule has 1 heterocycles. The van der Waals surface area contributed by atoms with Gasteiger partial charge in [0, 0.05) is 0 Å². The SMILES string of the molecule is CCOC(=O)CN1C(=O)S/C(=C\c2cc(Cl)c(OCc3cccc(C)c3)c(Cl)c2)C1=O. The van der Waals surface area contributed by atoms with E-state index in [-0.39, 0.29) is 21.6 Å². The fourth-order valence-corrected chi connectivity index (χ4v) is 4.33. The first-order chi connectivity index (χ1) is 14.8. The zero-order valence-corrected chi connectivity index (χ0v) is 19.1. The zero-order valence-electron chi connectivity index (χ0n) is 16.8. The van der Waals surface area contributed by atoms with Gasteiger partial charge in [-0.2, -0.15) is 0 Å². The number of hydrogen-bond donors (Lipinski definition) is 0. The van der Waals surface area contributed by atoms with E-state index in [1.807, 2.05) is 31.2 Å². The van der Waals surface area contributed by atoms with E-state index in [1.165, 1.54) is 6.08 Å². The van der Waals surface area contributed by atoms with Crippen LogP contribution in [0.5, 0.6) is 5.75 Å². The Kier molecular flexibility index (Phi) is 7.64. The van der Waals surface area contributed by atoms with Crippen LogP contribution >= 0.6 is 35.0 Å². The fourth-order valence-electron chi connectivity index (χ4n) is 2.88. The molecule has 0 radical (unpaired) electrons. The van der Waals surface area contributed by atoms with Crippen molar-refractivity contribution in [2.45, 2.75) is 20.5 Å². The number of rotatable bonds is 7. The largest absolute Gasteiger partial charge is 0.486 e. The number of imide groups is 1. The van der Waals surface area contributed by atoms with E-state index in [1.54, 1.807) is 19.1 Å². The summed E-state index contributed by atoms with van der Waals surface area (Å²) in [5.74, 6) is -0.889. The highest BCUT2D eigenvalue weighted by molar-refractivity contribution is 8.18. The molecular weight excluding hydrogens is 461 g/mol. The van der Waals surface area contributed by atoms with Crippen LogP contribution in [0, 0.1) is 6.92 Å². The van der Waals surface area contributed by atoms with Crippen LogP contribution in [0.4, 0.5) is 4.79 Å². The molecule has 0 aromatic heterocycles. The molecule has 2 amide bonds. The lowest BCUT2D eigenvalue weighted by Crippen LogP contribution is -2.34. The predicted molar refractivity (Wildman–Crippen MR) is 121 cm³/mol.